The number of rotatable bonds is 3. The number of amides is 1. The van der Waals surface area contributed by atoms with E-state index in [1.165, 1.54) is 34.1 Å². The number of halogens is 3. The van der Waals surface area contributed by atoms with E-state index in [2.05, 4.69) is 25.3 Å². The minimum Gasteiger partial charge on any atom is -0.417 e. The van der Waals surface area contributed by atoms with Gasteiger partial charge in [-0.1, -0.05) is 6.42 Å². The fraction of sp³-hybridized carbons (Fsp3) is 0.381. The molecule has 9 nitrogen and oxygen atoms in total. The van der Waals surface area contributed by atoms with Gasteiger partial charge in [0, 0.05) is 30.8 Å². The molecular formula is C21H18F3N7O2. The molecule has 1 aliphatic heterocycles. The Morgan fingerprint density at radius 3 is 2.85 bits per heavy atom. The number of alkyl halides is 3. The van der Waals surface area contributed by atoms with Gasteiger partial charge in [-0.2, -0.15) is 18.3 Å². The Morgan fingerprint density at radius 2 is 2.09 bits per heavy atom. The Bertz CT molecular complexity index is 1350. The van der Waals surface area contributed by atoms with Gasteiger partial charge in [-0.05, 0) is 31.0 Å². The van der Waals surface area contributed by atoms with Gasteiger partial charge in [0.15, 0.2) is 0 Å². The van der Waals surface area contributed by atoms with Gasteiger partial charge in [-0.25, -0.2) is 9.50 Å². The van der Waals surface area contributed by atoms with Gasteiger partial charge in [-0.3, -0.25) is 4.79 Å². The van der Waals surface area contributed by atoms with E-state index in [0.717, 1.165) is 31.0 Å². The zero-order valence-corrected chi connectivity index (χ0v) is 17.2. The molecule has 0 saturated heterocycles. The number of nitrogens with zero attached hydrogens (tertiary/aromatic N) is 6. The lowest BCUT2D eigenvalue weighted by Crippen LogP contribution is -2.41. The van der Waals surface area contributed by atoms with Crippen molar-refractivity contribution in [1.29, 1.82) is 0 Å². The second kappa shape index (κ2) is 7.15. The van der Waals surface area contributed by atoms with Crippen molar-refractivity contribution in [2.75, 3.05) is 6.54 Å². The molecule has 1 fully saturated rings. The van der Waals surface area contributed by atoms with Crippen LogP contribution in [0.5, 0.6) is 0 Å². The van der Waals surface area contributed by atoms with Crippen molar-refractivity contribution in [3.05, 3.63) is 65.1 Å². The molecule has 6 rings (SSSR count). The highest BCUT2D eigenvalue weighted by Crippen LogP contribution is 2.38. The number of pyridine rings is 1. The van der Waals surface area contributed by atoms with Crippen molar-refractivity contribution in [1.82, 2.24) is 34.7 Å². The van der Waals surface area contributed by atoms with Gasteiger partial charge in [0.2, 0.25) is 5.89 Å². The first-order valence-electron chi connectivity index (χ1n) is 10.6. The SMILES string of the molecule is O=C(c1nnc(C2CCC2)o1)N1CCc2[nH]cnc2C1c1cc2c(C(F)(F)F)cccn2n1. The Balaban J connectivity index is 1.42. The fourth-order valence-electron chi connectivity index (χ4n) is 4.47. The predicted octanol–water partition coefficient (Wildman–Crippen LogP) is 3.51. The smallest absolute Gasteiger partial charge is 0.417 e. The summed E-state index contributed by atoms with van der Waals surface area (Å²) in [6.07, 6.45) is 1.88. The van der Waals surface area contributed by atoms with Crippen LogP contribution in [0.4, 0.5) is 13.2 Å². The van der Waals surface area contributed by atoms with E-state index < -0.39 is 23.7 Å². The van der Waals surface area contributed by atoms with Crippen LogP contribution in [0.3, 0.4) is 0 Å². The molecule has 0 aromatic carbocycles. The van der Waals surface area contributed by atoms with Crippen molar-refractivity contribution in [3.63, 3.8) is 0 Å². The van der Waals surface area contributed by atoms with Gasteiger partial charge < -0.3 is 14.3 Å². The van der Waals surface area contributed by atoms with Crippen LogP contribution in [-0.2, 0) is 12.6 Å². The van der Waals surface area contributed by atoms with E-state index in [1.54, 1.807) is 0 Å². The zero-order valence-electron chi connectivity index (χ0n) is 17.2. The largest absolute Gasteiger partial charge is 0.418 e. The van der Waals surface area contributed by atoms with Crippen molar-refractivity contribution in [3.8, 4) is 0 Å². The van der Waals surface area contributed by atoms with E-state index in [-0.39, 0.29) is 23.0 Å². The van der Waals surface area contributed by atoms with E-state index in [1.807, 2.05) is 0 Å². The lowest BCUT2D eigenvalue weighted by atomic mass is 9.85. The summed E-state index contributed by atoms with van der Waals surface area (Å²) in [4.78, 5) is 22.3. The Labute approximate surface area is 184 Å². The molecule has 4 aromatic rings. The molecule has 12 heteroatoms. The summed E-state index contributed by atoms with van der Waals surface area (Å²) in [5.74, 6) is -0.0185. The maximum Gasteiger partial charge on any atom is 0.418 e. The third kappa shape index (κ3) is 3.19. The van der Waals surface area contributed by atoms with Crippen molar-refractivity contribution in [2.24, 2.45) is 0 Å². The van der Waals surface area contributed by atoms with Gasteiger partial charge in [-0.15, -0.1) is 10.2 Å². The van der Waals surface area contributed by atoms with Gasteiger partial charge >= 0.3 is 18.0 Å². The zero-order chi connectivity index (χ0) is 22.7. The Hall–Kier alpha value is -3.70. The first-order valence-corrected chi connectivity index (χ1v) is 10.6. The van der Waals surface area contributed by atoms with E-state index in [4.69, 9.17) is 4.42 Å². The highest BCUT2D eigenvalue weighted by Gasteiger charge is 2.40. The summed E-state index contributed by atoms with van der Waals surface area (Å²) in [7, 11) is 0. The Kier molecular flexibility index (Phi) is 4.32. The standard InChI is InChI=1S/C21H18F3N7O2/c22-21(23,24)12-5-2-7-31-15(12)9-14(29-31)17-16-13(25-10-26-16)6-8-30(17)20(32)19-28-27-18(33-19)11-3-1-4-11/h2,5,7,9-11,17H,1,3-4,6,8H2,(H,25,26). The number of aromatic amines is 1. The Morgan fingerprint density at radius 1 is 1.24 bits per heavy atom. The van der Waals surface area contributed by atoms with Crippen LogP contribution in [0.1, 0.15) is 70.4 Å². The van der Waals surface area contributed by atoms with Crippen LogP contribution in [0.25, 0.3) is 5.52 Å². The normalized spacial score (nSPS) is 19.0. The summed E-state index contributed by atoms with van der Waals surface area (Å²) in [5, 5.41) is 12.3. The molecule has 0 radical (unpaired) electrons. The number of hydrogen-bond donors (Lipinski definition) is 1. The number of imidazole rings is 1. The minimum atomic E-state index is -4.54. The quantitative estimate of drug-likeness (QED) is 0.505. The first kappa shape index (κ1) is 19.9. The average molecular weight is 457 g/mol. The molecule has 2 aliphatic rings. The number of aromatic nitrogens is 6. The molecule has 1 unspecified atom stereocenters. The molecule has 5 heterocycles. The van der Waals surface area contributed by atoms with Crippen LogP contribution in [0.2, 0.25) is 0 Å². The molecule has 170 valence electrons. The highest BCUT2D eigenvalue weighted by molar-refractivity contribution is 5.90. The monoisotopic (exact) mass is 457 g/mol. The fourth-order valence-corrected chi connectivity index (χ4v) is 4.47. The topological polar surface area (TPSA) is 105 Å². The van der Waals surface area contributed by atoms with Crippen molar-refractivity contribution < 1.29 is 22.4 Å². The van der Waals surface area contributed by atoms with Gasteiger partial charge in [0.25, 0.3) is 0 Å². The molecule has 4 aromatic heterocycles. The molecule has 1 atom stereocenters. The van der Waals surface area contributed by atoms with Crippen LogP contribution in [-0.4, -0.2) is 47.1 Å². The molecule has 1 aliphatic carbocycles. The van der Waals surface area contributed by atoms with E-state index in [0.29, 0.717) is 24.6 Å². The molecular weight excluding hydrogens is 439 g/mol. The second-order valence-electron chi connectivity index (χ2n) is 8.31. The summed E-state index contributed by atoms with van der Waals surface area (Å²) in [6.45, 7) is 0.292. The molecule has 33 heavy (non-hydrogen) atoms. The average Bonchev–Trinajstić information content (AvgIpc) is 3.48. The number of carbonyl (C=O) groups excluding carboxylic acids is 1. The number of hydrogen-bond acceptors (Lipinski definition) is 6. The summed E-state index contributed by atoms with van der Waals surface area (Å²) in [6, 6.07) is 2.85. The molecule has 1 saturated carbocycles. The lowest BCUT2D eigenvalue weighted by Gasteiger charge is -2.32. The first-order chi connectivity index (χ1) is 15.9. The highest BCUT2D eigenvalue weighted by atomic mass is 19.4. The van der Waals surface area contributed by atoms with Crippen molar-refractivity contribution >= 4 is 11.4 Å². The summed E-state index contributed by atoms with van der Waals surface area (Å²) in [5.41, 5.74) is 0.705. The van der Waals surface area contributed by atoms with E-state index in [9.17, 15) is 18.0 Å². The van der Waals surface area contributed by atoms with Crippen LogP contribution in [0.15, 0.2) is 35.1 Å². The maximum absolute atomic E-state index is 13.5. The van der Waals surface area contributed by atoms with Crippen LogP contribution in [0, 0.1) is 0 Å². The minimum absolute atomic E-state index is 0.0971. The van der Waals surface area contributed by atoms with Crippen LogP contribution < -0.4 is 0 Å². The van der Waals surface area contributed by atoms with Gasteiger partial charge in [0.05, 0.1) is 28.8 Å². The summed E-state index contributed by atoms with van der Waals surface area (Å²) < 4.78 is 47.4. The third-order valence-electron chi connectivity index (χ3n) is 6.37. The number of fused-ring (bicyclic) bond motifs is 2. The number of H-pyrrole nitrogens is 1. The number of carbonyl (C=O) groups is 1. The van der Waals surface area contributed by atoms with Crippen LogP contribution >= 0.6 is 0 Å². The van der Waals surface area contributed by atoms with E-state index >= 15 is 0 Å². The second-order valence-corrected chi connectivity index (χ2v) is 8.31. The van der Waals surface area contributed by atoms with Crippen molar-refractivity contribution in [2.45, 2.75) is 43.8 Å². The maximum atomic E-state index is 13.5. The molecule has 0 bridgehead atoms. The molecule has 0 spiro atoms. The third-order valence-corrected chi connectivity index (χ3v) is 6.37. The lowest BCUT2D eigenvalue weighted by molar-refractivity contribution is -0.136. The predicted molar refractivity (Wildman–Crippen MR) is 106 cm³/mol. The summed E-state index contributed by atoms with van der Waals surface area (Å²) >= 11 is 0. The molecule has 1 N–H and O–H groups in total. The molecule has 1 amide bonds. The van der Waals surface area contributed by atoms with Gasteiger partial charge in [0.1, 0.15) is 6.04 Å². The number of nitrogens with one attached hydrogen (secondary N) is 1.